The van der Waals surface area contributed by atoms with Crippen LogP contribution in [-0.4, -0.2) is 38.5 Å². The number of hydrogen-bond donors (Lipinski definition) is 1. The fourth-order valence-corrected chi connectivity index (χ4v) is 3.61. The van der Waals surface area contributed by atoms with Crippen LogP contribution in [0.4, 0.5) is 0 Å². The zero-order chi connectivity index (χ0) is 12.1. The fourth-order valence-electron chi connectivity index (χ4n) is 3.61. The van der Waals surface area contributed by atoms with E-state index in [0.29, 0.717) is 12.0 Å². The number of hydrogen-bond acceptors (Lipinski definition) is 3. The summed E-state index contributed by atoms with van der Waals surface area (Å²) in [5, 5.41) is 3.68. The predicted octanol–water partition coefficient (Wildman–Crippen LogP) is 2.35. The minimum atomic E-state index is 0.0621. The van der Waals surface area contributed by atoms with Gasteiger partial charge in [-0.1, -0.05) is 26.2 Å². The molecule has 17 heavy (non-hydrogen) atoms. The SMILES string of the molecule is CCNC(C1CCOC1)C1(OC)CCCCC1. The summed E-state index contributed by atoms with van der Waals surface area (Å²) < 4.78 is 11.6. The molecule has 3 heteroatoms. The highest BCUT2D eigenvalue weighted by Crippen LogP contribution is 2.38. The van der Waals surface area contributed by atoms with Crippen molar-refractivity contribution in [3.8, 4) is 0 Å². The Labute approximate surface area is 105 Å². The van der Waals surface area contributed by atoms with E-state index in [-0.39, 0.29) is 5.60 Å². The number of ether oxygens (including phenoxy) is 2. The Balaban J connectivity index is 2.10. The summed E-state index contributed by atoms with van der Waals surface area (Å²) in [4.78, 5) is 0. The van der Waals surface area contributed by atoms with E-state index in [4.69, 9.17) is 9.47 Å². The Hall–Kier alpha value is -0.120. The maximum absolute atomic E-state index is 5.99. The molecule has 0 aromatic rings. The molecule has 2 fully saturated rings. The first-order chi connectivity index (χ1) is 8.32. The first-order valence-corrected chi connectivity index (χ1v) is 7.18. The molecule has 0 spiro atoms. The van der Waals surface area contributed by atoms with Crippen molar-refractivity contribution in [3.05, 3.63) is 0 Å². The molecule has 1 saturated heterocycles. The number of nitrogens with one attached hydrogen (secondary N) is 1. The summed E-state index contributed by atoms with van der Waals surface area (Å²) in [6, 6.07) is 0.473. The number of methoxy groups -OCH3 is 1. The van der Waals surface area contributed by atoms with Crippen LogP contribution in [0.1, 0.15) is 45.4 Å². The molecule has 100 valence electrons. The third-order valence-corrected chi connectivity index (χ3v) is 4.53. The topological polar surface area (TPSA) is 30.5 Å². The molecular formula is C14H27NO2. The standard InChI is InChI=1S/C14H27NO2/c1-3-15-13(12-7-10-17-11-12)14(16-2)8-5-4-6-9-14/h12-13,15H,3-11H2,1-2H3. The zero-order valence-corrected chi connectivity index (χ0v) is 11.3. The molecule has 1 aliphatic carbocycles. The monoisotopic (exact) mass is 241 g/mol. The lowest BCUT2D eigenvalue weighted by molar-refractivity contribution is -0.0816. The molecule has 0 aromatic carbocycles. The van der Waals surface area contributed by atoms with Crippen molar-refractivity contribution >= 4 is 0 Å². The van der Waals surface area contributed by atoms with Gasteiger partial charge in [0.15, 0.2) is 0 Å². The van der Waals surface area contributed by atoms with E-state index >= 15 is 0 Å². The Bertz CT molecular complexity index is 220. The molecule has 2 aliphatic rings. The van der Waals surface area contributed by atoms with E-state index in [0.717, 1.165) is 19.8 Å². The Morgan fingerprint density at radius 2 is 2.12 bits per heavy atom. The Morgan fingerprint density at radius 1 is 1.35 bits per heavy atom. The molecule has 0 bridgehead atoms. The average molecular weight is 241 g/mol. The summed E-state index contributed by atoms with van der Waals surface area (Å²) in [5.41, 5.74) is 0.0621. The van der Waals surface area contributed by atoms with Crippen LogP contribution >= 0.6 is 0 Å². The third kappa shape index (κ3) is 2.83. The van der Waals surface area contributed by atoms with Crippen LogP contribution in [-0.2, 0) is 9.47 Å². The second kappa shape index (κ2) is 6.17. The van der Waals surface area contributed by atoms with Crippen LogP contribution in [0.2, 0.25) is 0 Å². The van der Waals surface area contributed by atoms with Gasteiger partial charge in [-0.3, -0.25) is 0 Å². The van der Waals surface area contributed by atoms with Crippen LogP contribution in [0.5, 0.6) is 0 Å². The van der Waals surface area contributed by atoms with Crippen LogP contribution in [0.25, 0.3) is 0 Å². The van der Waals surface area contributed by atoms with Gasteiger partial charge < -0.3 is 14.8 Å². The quantitative estimate of drug-likeness (QED) is 0.801. The van der Waals surface area contributed by atoms with Gasteiger partial charge in [-0.05, 0) is 25.8 Å². The highest BCUT2D eigenvalue weighted by Gasteiger charge is 2.44. The molecule has 0 radical (unpaired) electrons. The second-order valence-electron chi connectivity index (χ2n) is 5.49. The lowest BCUT2D eigenvalue weighted by Crippen LogP contribution is -2.57. The molecule has 1 saturated carbocycles. The molecule has 0 aromatic heterocycles. The predicted molar refractivity (Wildman–Crippen MR) is 69.2 cm³/mol. The molecule has 2 unspecified atom stereocenters. The highest BCUT2D eigenvalue weighted by atomic mass is 16.5. The van der Waals surface area contributed by atoms with Crippen LogP contribution in [0, 0.1) is 5.92 Å². The second-order valence-corrected chi connectivity index (χ2v) is 5.49. The van der Waals surface area contributed by atoms with E-state index in [1.807, 2.05) is 7.11 Å². The summed E-state index contributed by atoms with van der Waals surface area (Å²) in [6.45, 7) is 5.04. The van der Waals surface area contributed by atoms with Gasteiger partial charge in [-0.15, -0.1) is 0 Å². The third-order valence-electron chi connectivity index (χ3n) is 4.53. The summed E-state index contributed by atoms with van der Waals surface area (Å²) in [7, 11) is 1.89. The molecule has 3 nitrogen and oxygen atoms in total. The van der Waals surface area contributed by atoms with E-state index in [1.165, 1.54) is 38.5 Å². The van der Waals surface area contributed by atoms with Crippen molar-refractivity contribution in [1.29, 1.82) is 0 Å². The number of rotatable bonds is 5. The molecule has 1 heterocycles. The van der Waals surface area contributed by atoms with Crippen molar-refractivity contribution in [2.45, 2.75) is 57.1 Å². The van der Waals surface area contributed by atoms with Gasteiger partial charge in [0.05, 0.1) is 12.2 Å². The number of likely N-dealkylation sites (N-methyl/N-ethyl adjacent to an activating group) is 1. The molecule has 1 aliphatic heterocycles. The minimum Gasteiger partial charge on any atom is -0.381 e. The van der Waals surface area contributed by atoms with Gasteiger partial charge in [0.1, 0.15) is 0 Å². The summed E-state index contributed by atoms with van der Waals surface area (Å²) in [6.07, 6.45) is 7.58. The largest absolute Gasteiger partial charge is 0.381 e. The first kappa shape index (κ1) is 13.3. The van der Waals surface area contributed by atoms with Gasteiger partial charge in [0, 0.05) is 25.7 Å². The average Bonchev–Trinajstić information content (AvgIpc) is 2.90. The first-order valence-electron chi connectivity index (χ1n) is 7.18. The summed E-state index contributed by atoms with van der Waals surface area (Å²) in [5.74, 6) is 0.632. The minimum absolute atomic E-state index is 0.0621. The maximum atomic E-state index is 5.99. The van der Waals surface area contributed by atoms with Crippen molar-refractivity contribution in [3.63, 3.8) is 0 Å². The van der Waals surface area contributed by atoms with E-state index in [2.05, 4.69) is 12.2 Å². The summed E-state index contributed by atoms with van der Waals surface area (Å²) >= 11 is 0. The van der Waals surface area contributed by atoms with Crippen molar-refractivity contribution in [1.82, 2.24) is 5.32 Å². The van der Waals surface area contributed by atoms with Crippen LogP contribution in [0.3, 0.4) is 0 Å². The maximum Gasteiger partial charge on any atom is 0.0834 e. The molecular weight excluding hydrogens is 214 g/mol. The lowest BCUT2D eigenvalue weighted by atomic mass is 9.74. The van der Waals surface area contributed by atoms with Gasteiger partial charge in [0.25, 0.3) is 0 Å². The van der Waals surface area contributed by atoms with Crippen LogP contribution in [0.15, 0.2) is 0 Å². The molecule has 1 N–H and O–H groups in total. The Kier molecular flexibility index (Phi) is 4.83. The molecule has 2 rings (SSSR count). The lowest BCUT2D eigenvalue weighted by Gasteiger charge is -2.45. The van der Waals surface area contributed by atoms with Gasteiger partial charge in [-0.2, -0.15) is 0 Å². The molecule has 2 atom stereocenters. The van der Waals surface area contributed by atoms with E-state index < -0.39 is 0 Å². The fraction of sp³-hybridized carbons (Fsp3) is 1.00. The van der Waals surface area contributed by atoms with E-state index in [1.54, 1.807) is 0 Å². The van der Waals surface area contributed by atoms with E-state index in [9.17, 15) is 0 Å². The van der Waals surface area contributed by atoms with Gasteiger partial charge in [-0.25, -0.2) is 0 Å². The normalized spacial score (nSPS) is 30.4. The van der Waals surface area contributed by atoms with Crippen LogP contribution < -0.4 is 5.32 Å². The van der Waals surface area contributed by atoms with Crippen molar-refractivity contribution in [2.75, 3.05) is 26.9 Å². The molecule has 0 amide bonds. The van der Waals surface area contributed by atoms with Gasteiger partial charge in [0.2, 0.25) is 0 Å². The van der Waals surface area contributed by atoms with Crippen molar-refractivity contribution < 1.29 is 9.47 Å². The zero-order valence-electron chi connectivity index (χ0n) is 11.3. The van der Waals surface area contributed by atoms with Gasteiger partial charge >= 0.3 is 0 Å². The highest BCUT2D eigenvalue weighted by molar-refractivity contribution is 4.99. The van der Waals surface area contributed by atoms with Crippen molar-refractivity contribution in [2.24, 2.45) is 5.92 Å². The smallest absolute Gasteiger partial charge is 0.0834 e. The Morgan fingerprint density at radius 3 is 2.65 bits per heavy atom.